The zero-order valence-corrected chi connectivity index (χ0v) is 15.4. The van der Waals surface area contributed by atoms with Gasteiger partial charge in [0.1, 0.15) is 11.5 Å². The molecule has 0 unspecified atom stereocenters. The molecular formula is C16H14ClN3O6S. The maximum atomic E-state index is 11.9. The number of hydrogen-bond donors (Lipinski definition) is 1. The summed E-state index contributed by atoms with van der Waals surface area (Å²) in [6.45, 7) is 0. The Bertz CT molecular complexity index is 1030. The molecule has 1 aliphatic rings. The number of halogens is 1. The van der Waals surface area contributed by atoms with E-state index < -0.39 is 26.6 Å². The van der Waals surface area contributed by atoms with Crippen molar-refractivity contribution >= 4 is 39.2 Å². The van der Waals surface area contributed by atoms with Crippen molar-refractivity contribution in [2.75, 3.05) is 11.5 Å². The van der Waals surface area contributed by atoms with Crippen molar-refractivity contribution in [1.82, 2.24) is 5.43 Å². The lowest BCUT2D eigenvalue weighted by molar-refractivity contribution is -0.384. The lowest BCUT2D eigenvalue weighted by Crippen LogP contribution is -2.27. The predicted octanol–water partition coefficient (Wildman–Crippen LogP) is 2.39. The molecule has 1 aromatic carbocycles. The van der Waals surface area contributed by atoms with E-state index in [0.717, 1.165) is 0 Å². The van der Waals surface area contributed by atoms with E-state index in [0.29, 0.717) is 0 Å². The number of hydrazone groups is 1. The summed E-state index contributed by atoms with van der Waals surface area (Å²) in [5.74, 6) is -0.777. The minimum atomic E-state index is -3.15. The number of sulfone groups is 1. The molecule has 3 rings (SSSR count). The first-order valence-electron chi connectivity index (χ1n) is 7.83. The van der Waals surface area contributed by atoms with Gasteiger partial charge in [-0.2, -0.15) is 5.10 Å². The molecule has 2 heterocycles. The van der Waals surface area contributed by atoms with Crippen LogP contribution in [0, 0.1) is 16.0 Å². The maximum absolute atomic E-state index is 11.9. The van der Waals surface area contributed by atoms with Crippen molar-refractivity contribution < 1.29 is 22.6 Å². The van der Waals surface area contributed by atoms with Crippen molar-refractivity contribution in [3.63, 3.8) is 0 Å². The molecule has 1 saturated heterocycles. The molecule has 9 nitrogen and oxygen atoms in total. The second kappa shape index (κ2) is 7.49. The van der Waals surface area contributed by atoms with Crippen LogP contribution in [0.5, 0.6) is 0 Å². The highest BCUT2D eigenvalue weighted by Gasteiger charge is 2.32. The Morgan fingerprint density at radius 2 is 2.15 bits per heavy atom. The van der Waals surface area contributed by atoms with E-state index in [2.05, 4.69) is 10.5 Å². The summed E-state index contributed by atoms with van der Waals surface area (Å²) in [7, 11) is -3.15. The number of nitro benzene ring substituents is 1. The lowest BCUT2D eigenvalue weighted by Gasteiger charge is -2.04. The van der Waals surface area contributed by atoms with Gasteiger partial charge in [-0.3, -0.25) is 14.9 Å². The Kier molecular flexibility index (Phi) is 5.29. The molecule has 1 N–H and O–H groups in total. The number of amides is 1. The molecule has 1 fully saturated rings. The van der Waals surface area contributed by atoms with Crippen LogP contribution in [0.25, 0.3) is 11.3 Å². The van der Waals surface area contributed by atoms with Gasteiger partial charge >= 0.3 is 0 Å². The predicted molar refractivity (Wildman–Crippen MR) is 98.3 cm³/mol. The lowest BCUT2D eigenvalue weighted by atomic mass is 10.1. The number of carbonyl (C=O) groups is 1. The highest BCUT2D eigenvalue weighted by Crippen LogP contribution is 2.33. The second-order valence-corrected chi connectivity index (χ2v) is 8.62. The fourth-order valence-electron chi connectivity index (χ4n) is 2.68. The quantitative estimate of drug-likeness (QED) is 0.456. The second-order valence-electron chi connectivity index (χ2n) is 5.95. The SMILES string of the molecule is O=C(N/N=C\c1ccc(-c2ccc(Cl)cc2[N+](=O)[O-])o1)[C@H]1CCS(=O)(=O)C1. The van der Waals surface area contributed by atoms with Gasteiger partial charge in [-0.05, 0) is 30.7 Å². The summed E-state index contributed by atoms with van der Waals surface area (Å²) in [6, 6.07) is 7.27. The number of furan rings is 1. The molecule has 27 heavy (non-hydrogen) atoms. The zero-order chi connectivity index (χ0) is 19.6. The van der Waals surface area contributed by atoms with Crippen LogP contribution in [-0.4, -0.2) is 37.0 Å². The van der Waals surface area contributed by atoms with Crippen LogP contribution in [0.1, 0.15) is 12.2 Å². The van der Waals surface area contributed by atoms with Crippen LogP contribution in [0.4, 0.5) is 5.69 Å². The van der Waals surface area contributed by atoms with Gasteiger partial charge in [0.25, 0.3) is 5.69 Å². The molecule has 1 atom stereocenters. The summed E-state index contributed by atoms with van der Waals surface area (Å²) in [5, 5.41) is 15.1. The van der Waals surface area contributed by atoms with Gasteiger partial charge in [-0.15, -0.1) is 0 Å². The van der Waals surface area contributed by atoms with Crippen molar-refractivity contribution in [3.8, 4) is 11.3 Å². The van der Waals surface area contributed by atoms with Gasteiger partial charge in [0.05, 0.1) is 34.1 Å². The minimum absolute atomic E-state index is 0.00375. The number of nitrogens with one attached hydrogen (secondary N) is 1. The summed E-state index contributed by atoms with van der Waals surface area (Å²) < 4.78 is 28.3. The van der Waals surface area contributed by atoms with Crippen LogP contribution in [0.3, 0.4) is 0 Å². The Balaban J connectivity index is 1.69. The third kappa shape index (κ3) is 4.52. The number of benzene rings is 1. The molecule has 0 bridgehead atoms. The van der Waals surface area contributed by atoms with Crippen molar-refractivity contribution in [2.24, 2.45) is 11.0 Å². The van der Waals surface area contributed by atoms with E-state index in [-0.39, 0.29) is 45.7 Å². The van der Waals surface area contributed by atoms with Crippen LogP contribution in [0.15, 0.2) is 39.9 Å². The Morgan fingerprint density at radius 3 is 2.81 bits per heavy atom. The summed E-state index contributed by atoms with van der Waals surface area (Å²) in [6.07, 6.45) is 1.50. The van der Waals surface area contributed by atoms with E-state index in [1.807, 2.05) is 0 Å². The van der Waals surface area contributed by atoms with Gasteiger partial charge in [0.15, 0.2) is 9.84 Å². The summed E-state index contributed by atoms with van der Waals surface area (Å²) in [5.41, 5.74) is 2.33. The van der Waals surface area contributed by atoms with Crippen LogP contribution in [0.2, 0.25) is 5.02 Å². The molecular weight excluding hydrogens is 398 g/mol. The standard InChI is InChI=1S/C16H14ClN3O6S/c17-11-1-3-13(14(7-11)20(22)23)15-4-2-12(26-15)8-18-19-16(21)10-5-6-27(24,25)9-10/h1-4,7-8,10H,5-6,9H2,(H,19,21)/b18-8-/t10-/m0/s1. The monoisotopic (exact) mass is 411 g/mol. The van der Waals surface area contributed by atoms with Crippen molar-refractivity contribution in [1.29, 1.82) is 0 Å². The van der Waals surface area contributed by atoms with E-state index in [4.69, 9.17) is 16.0 Å². The number of nitrogens with zero attached hydrogens (tertiary/aromatic N) is 2. The van der Waals surface area contributed by atoms with Gasteiger partial charge in [0.2, 0.25) is 5.91 Å². The van der Waals surface area contributed by atoms with Crippen LogP contribution in [-0.2, 0) is 14.6 Å². The topological polar surface area (TPSA) is 132 Å². The Labute approximate surface area is 159 Å². The largest absolute Gasteiger partial charge is 0.455 e. The molecule has 11 heteroatoms. The molecule has 0 saturated carbocycles. The first-order chi connectivity index (χ1) is 12.7. The molecule has 0 radical (unpaired) electrons. The van der Waals surface area contributed by atoms with Gasteiger partial charge in [-0.25, -0.2) is 13.8 Å². The van der Waals surface area contributed by atoms with Gasteiger partial charge in [-0.1, -0.05) is 11.6 Å². The average molecular weight is 412 g/mol. The molecule has 0 spiro atoms. The maximum Gasteiger partial charge on any atom is 0.281 e. The van der Waals surface area contributed by atoms with Crippen molar-refractivity contribution in [2.45, 2.75) is 6.42 Å². The van der Waals surface area contributed by atoms with Gasteiger partial charge < -0.3 is 4.42 Å². The van der Waals surface area contributed by atoms with E-state index in [9.17, 15) is 23.3 Å². The molecule has 1 amide bonds. The Morgan fingerprint density at radius 1 is 1.37 bits per heavy atom. The highest BCUT2D eigenvalue weighted by molar-refractivity contribution is 7.91. The fourth-order valence-corrected chi connectivity index (χ4v) is 4.59. The average Bonchev–Trinajstić information content (AvgIpc) is 3.21. The van der Waals surface area contributed by atoms with E-state index >= 15 is 0 Å². The van der Waals surface area contributed by atoms with E-state index in [1.165, 1.54) is 36.5 Å². The molecule has 0 aliphatic carbocycles. The first-order valence-corrected chi connectivity index (χ1v) is 10.0. The number of rotatable bonds is 5. The van der Waals surface area contributed by atoms with E-state index in [1.54, 1.807) is 0 Å². The number of nitro groups is 1. The third-order valence-corrected chi connectivity index (χ3v) is 6.02. The zero-order valence-electron chi connectivity index (χ0n) is 13.8. The smallest absolute Gasteiger partial charge is 0.281 e. The van der Waals surface area contributed by atoms with Gasteiger partial charge in [0, 0.05) is 11.1 Å². The Hall–Kier alpha value is -2.72. The molecule has 1 aromatic heterocycles. The normalized spacial score (nSPS) is 18.6. The van der Waals surface area contributed by atoms with Crippen LogP contribution < -0.4 is 5.43 Å². The first kappa shape index (κ1) is 19.1. The molecule has 142 valence electrons. The summed E-state index contributed by atoms with van der Waals surface area (Å²) >= 11 is 5.79. The number of hydrogen-bond acceptors (Lipinski definition) is 7. The fraction of sp³-hybridized carbons (Fsp3) is 0.250. The summed E-state index contributed by atoms with van der Waals surface area (Å²) in [4.78, 5) is 22.5. The molecule has 2 aromatic rings. The van der Waals surface area contributed by atoms with Crippen molar-refractivity contribution in [3.05, 3.63) is 51.2 Å². The van der Waals surface area contributed by atoms with Crippen LogP contribution >= 0.6 is 11.6 Å². The number of carbonyl (C=O) groups excluding carboxylic acids is 1. The minimum Gasteiger partial charge on any atom is -0.455 e. The third-order valence-electron chi connectivity index (χ3n) is 4.02. The highest BCUT2D eigenvalue weighted by atomic mass is 35.5. The molecule has 1 aliphatic heterocycles.